The second kappa shape index (κ2) is 9.53. The molecule has 4 rings (SSSR count). The van der Waals surface area contributed by atoms with Crippen LogP contribution in [0.5, 0.6) is 0 Å². The highest BCUT2D eigenvalue weighted by atomic mass is 16.2. The first-order chi connectivity index (χ1) is 15.4. The molecule has 168 valence electrons. The molecule has 7 heteroatoms. The number of benzene rings is 1. The number of hydrogen-bond donors (Lipinski definition) is 2. The van der Waals surface area contributed by atoms with Crippen LogP contribution in [0.4, 0.5) is 0 Å². The smallest absolute Gasteiger partial charge is 0.268 e. The average Bonchev–Trinajstić information content (AvgIpc) is 3.28. The number of H-pyrrole nitrogens is 1. The number of likely N-dealkylation sites (tertiary alicyclic amines) is 1. The number of pyridine rings is 1. The Bertz CT molecular complexity index is 1130. The molecule has 0 spiro atoms. The zero-order valence-corrected chi connectivity index (χ0v) is 19.0. The van der Waals surface area contributed by atoms with Gasteiger partial charge in [-0.3, -0.25) is 19.1 Å². The van der Waals surface area contributed by atoms with Gasteiger partial charge in [-0.15, -0.1) is 0 Å². The Morgan fingerprint density at radius 1 is 1.25 bits per heavy atom. The number of imidazole rings is 1. The van der Waals surface area contributed by atoms with E-state index in [1.165, 1.54) is 0 Å². The normalized spacial score (nSPS) is 15.2. The molecule has 2 N–H and O–H groups in total. The van der Waals surface area contributed by atoms with E-state index in [-0.39, 0.29) is 23.1 Å². The number of aromatic amines is 1. The Balaban J connectivity index is 1.47. The number of aromatic nitrogens is 3. The standard InChI is InChI=1S/C25H31N5O2/c1-17(2)19-5-4-6-21(15-19)30-14-7-18(3)23(25(30)32)24(31)28-20-8-12-29(13-9-20)16-22-26-10-11-27-22/h4-7,10-11,14-15,17,20H,8-9,12-13,16H2,1-3H3,(H,26,27)(H,28,31). The second-order valence-electron chi connectivity index (χ2n) is 8.86. The van der Waals surface area contributed by atoms with Crippen molar-refractivity contribution in [3.8, 4) is 5.69 Å². The van der Waals surface area contributed by atoms with Crippen LogP contribution < -0.4 is 10.9 Å². The summed E-state index contributed by atoms with van der Waals surface area (Å²) in [4.78, 5) is 36.1. The number of nitrogens with one attached hydrogen (secondary N) is 2. The van der Waals surface area contributed by atoms with E-state index in [2.05, 4.69) is 40.1 Å². The van der Waals surface area contributed by atoms with Gasteiger partial charge in [-0.05, 0) is 55.0 Å². The van der Waals surface area contributed by atoms with Crippen LogP contribution in [-0.4, -0.2) is 44.5 Å². The fourth-order valence-corrected chi connectivity index (χ4v) is 4.23. The van der Waals surface area contributed by atoms with E-state index in [9.17, 15) is 9.59 Å². The fraction of sp³-hybridized carbons (Fsp3) is 0.400. The third kappa shape index (κ3) is 4.83. The van der Waals surface area contributed by atoms with Gasteiger partial charge in [-0.2, -0.15) is 0 Å². The third-order valence-electron chi connectivity index (χ3n) is 6.19. The Hall–Kier alpha value is -3.19. The van der Waals surface area contributed by atoms with Gasteiger partial charge in [0, 0.05) is 43.4 Å². The first kappa shape index (κ1) is 22.0. The molecule has 1 aliphatic rings. The molecule has 3 heterocycles. The number of piperidine rings is 1. The lowest BCUT2D eigenvalue weighted by molar-refractivity contribution is 0.0905. The van der Waals surface area contributed by atoms with Crippen LogP contribution in [0.25, 0.3) is 5.69 Å². The van der Waals surface area contributed by atoms with E-state index in [1.54, 1.807) is 17.0 Å². The summed E-state index contributed by atoms with van der Waals surface area (Å²) in [6, 6.07) is 9.82. The molecular weight excluding hydrogens is 402 g/mol. The fourth-order valence-electron chi connectivity index (χ4n) is 4.23. The van der Waals surface area contributed by atoms with Crippen molar-refractivity contribution >= 4 is 5.91 Å². The van der Waals surface area contributed by atoms with Crippen molar-refractivity contribution in [2.75, 3.05) is 13.1 Å². The van der Waals surface area contributed by atoms with Gasteiger partial charge in [0.05, 0.1) is 6.54 Å². The highest BCUT2D eigenvalue weighted by Gasteiger charge is 2.24. The van der Waals surface area contributed by atoms with Crippen LogP contribution in [0.2, 0.25) is 0 Å². The minimum absolute atomic E-state index is 0.0621. The van der Waals surface area contributed by atoms with Gasteiger partial charge in [-0.25, -0.2) is 4.98 Å². The van der Waals surface area contributed by atoms with E-state index >= 15 is 0 Å². The van der Waals surface area contributed by atoms with Crippen molar-refractivity contribution in [1.29, 1.82) is 0 Å². The molecular formula is C25H31N5O2. The van der Waals surface area contributed by atoms with Gasteiger partial charge < -0.3 is 10.3 Å². The number of rotatable bonds is 6. The van der Waals surface area contributed by atoms with Crippen LogP contribution in [0, 0.1) is 6.92 Å². The van der Waals surface area contributed by atoms with Gasteiger partial charge in [-0.1, -0.05) is 26.0 Å². The summed E-state index contributed by atoms with van der Waals surface area (Å²) in [7, 11) is 0. The molecule has 32 heavy (non-hydrogen) atoms. The number of nitrogens with zero attached hydrogens (tertiary/aromatic N) is 3. The number of hydrogen-bond acceptors (Lipinski definition) is 4. The highest BCUT2D eigenvalue weighted by molar-refractivity contribution is 5.95. The molecule has 7 nitrogen and oxygen atoms in total. The Labute approximate surface area is 188 Å². The summed E-state index contributed by atoms with van der Waals surface area (Å²) >= 11 is 0. The largest absolute Gasteiger partial charge is 0.349 e. The molecule has 2 aromatic heterocycles. The lowest BCUT2D eigenvalue weighted by atomic mass is 10.0. The van der Waals surface area contributed by atoms with E-state index in [0.29, 0.717) is 11.5 Å². The molecule has 1 fully saturated rings. The highest BCUT2D eigenvalue weighted by Crippen LogP contribution is 2.18. The third-order valence-corrected chi connectivity index (χ3v) is 6.19. The maximum Gasteiger partial charge on any atom is 0.268 e. The minimum Gasteiger partial charge on any atom is -0.349 e. The summed E-state index contributed by atoms with van der Waals surface area (Å²) in [6.07, 6.45) is 7.04. The van der Waals surface area contributed by atoms with Crippen molar-refractivity contribution in [1.82, 2.24) is 24.8 Å². The number of carbonyl (C=O) groups excluding carboxylic acids is 1. The summed E-state index contributed by atoms with van der Waals surface area (Å²) in [5.74, 6) is 1.03. The monoisotopic (exact) mass is 433 g/mol. The summed E-state index contributed by atoms with van der Waals surface area (Å²) in [5.41, 5.74) is 2.57. The van der Waals surface area contributed by atoms with E-state index in [0.717, 1.165) is 49.6 Å². The maximum absolute atomic E-state index is 13.3. The quantitative estimate of drug-likeness (QED) is 0.624. The van der Waals surface area contributed by atoms with Crippen LogP contribution in [0.1, 0.15) is 59.9 Å². The SMILES string of the molecule is Cc1ccn(-c2cccc(C(C)C)c2)c(=O)c1C(=O)NC1CCN(Cc2ncc[nH]2)CC1. The molecule has 0 saturated carbocycles. The molecule has 0 atom stereocenters. The van der Waals surface area contributed by atoms with E-state index in [4.69, 9.17) is 0 Å². The summed E-state index contributed by atoms with van der Waals surface area (Å²) < 4.78 is 1.57. The summed E-state index contributed by atoms with van der Waals surface area (Å²) in [5, 5.41) is 3.10. The minimum atomic E-state index is -0.286. The molecule has 1 aliphatic heterocycles. The predicted octanol–water partition coefficient (Wildman–Crippen LogP) is 3.39. The van der Waals surface area contributed by atoms with Gasteiger partial charge in [0.15, 0.2) is 0 Å². The van der Waals surface area contributed by atoms with Crippen molar-refractivity contribution in [2.45, 2.75) is 52.1 Å². The second-order valence-corrected chi connectivity index (χ2v) is 8.86. The van der Waals surface area contributed by atoms with Gasteiger partial charge in [0.2, 0.25) is 0 Å². The lowest BCUT2D eigenvalue weighted by Crippen LogP contribution is -2.46. The van der Waals surface area contributed by atoms with Crippen LogP contribution in [-0.2, 0) is 6.54 Å². The number of amides is 1. The molecule has 0 radical (unpaired) electrons. The van der Waals surface area contributed by atoms with Gasteiger partial charge >= 0.3 is 0 Å². The van der Waals surface area contributed by atoms with Crippen LogP contribution in [0.15, 0.2) is 53.7 Å². The molecule has 0 aliphatic carbocycles. The van der Waals surface area contributed by atoms with Crippen LogP contribution >= 0.6 is 0 Å². The molecule has 0 bridgehead atoms. The predicted molar refractivity (Wildman–Crippen MR) is 125 cm³/mol. The molecule has 1 saturated heterocycles. The molecule has 0 unspecified atom stereocenters. The van der Waals surface area contributed by atoms with E-state index in [1.807, 2.05) is 37.4 Å². The first-order valence-electron chi connectivity index (χ1n) is 11.3. The Morgan fingerprint density at radius 2 is 2.03 bits per heavy atom. The van der Waals surface area contributed by atoms with Gasteiger partial charge in [0.25, 0.3) is 11.5 Å². The first-order valence-corrected chi connectivity index (χ1v) is 11.3. The molecule has 1 aromatic carbocycles. The van der Waals surface area contributed by atoms with Crippen molar-refractivity contribution in [3.63, 3.8) is 0 Å². The average molecular weight is 434 g/mol. The zero-order valence-electron chi connectivity index (χ0n) is 19.0. The molecule has 1 amide bonds. The summed E-state index contributed by atoms with van der Waals surface area (Å²) in [6.45, 7) is 8.60. The number of aryl methyl sites for hydroxylation is 1. The van der Waals surface area contributed by atoms with Crippen LogP contribution in [0.3, 0.4) is 0 Å². The Morgan fingerprint density at radius 3 is 2.72 bits per heavy atom. The number of carbonyl (C=O) groups is 1. The van der Waals surface area contributed by atoms with Crippen molar-refractivity contribution in [3.05, 3.63) is 81.8 Å². The van der Waals surface area contributed by atoms with Gasteiger partial charge in [0.1, 0.15) is 11.4 Å². The molecule has 3 aromatic rings. The maximum atomic E-state index is 13.3. The zero-order chi connectivity index (χ0) is 22.7. The van der Waals surface area contributed by atoms with Crippen molar-refractivity contribution < 1.29 is 4.79 Å². The topological polar surface area (TPSA) is 83.0 Å². The van der Waals surface area contributed by atoms with E-state index < -0.39 is 0 Å². The lowest BCUT2D eigenvalue weighted by Gasteiger charge is -2.31. The van der Waals surface area contributed by atoms with Crippen molar-refractivity contribution in [2.24, 2.45) is 0 Å². The Kier molecular flexibility index (Phi) is 6.55.